The average molecular weight is 815 g/mol. The summed E-state index contributed by atoms with van der Waals surface area (Å²) in [4.78, 5) is 12.5. The molecule has 14 nitrogen and oxygen atoms in total. The molecule has 0 bridgehead atoms. The first-order valence-electron chi connectivity index (χ1n) is 15.0. The number of nitrogens with one attached hydrogen (secondary N) is 3. The molecule has 2 aliphatic rings. The van der Waals surface area contributed by atoms with Gasteiger partial charge in [0.05, 0.1) is 21.2 Å². The first-order chi connectivity index (χ1) is 24.0. The van der Waals surface area contributed by atoms with Gasteiger partial charge in [0.25, 0.3) is 40.3 Å². The minimum Gasteiger partial charge on any atom is -0.323 e. The Kier molecular flexibility index (Phi) is 10.2. The van der Waals surface area contributed by atoms with Crippen LogP contribution in [0.2, 0.25) is 10.0 Å². The van der Waals surface area contributed by atoms with Crippen molar-refractivity contribution in [2.45, 2.75) is 34.6 Å². The highest BCUT2D eigenvalue weighted by atomic mass is 35.5. The van der Waals surface area contributed by atoms with Gasteiger partial charge in [0.1, 0.15) is 0 Å². The highest BCUT2D eigenvalue weighted by Crippen LogP contribution is 2.36. The number of amides is 1. The van der Waals surface area contributed by atoms with Crippen LogP contribution in [0.5, 0.6) is 0 Å². The topological polar surface area (TPSA) is 196 Å². The van der Waals surface area contributed by atoms with Crippen LogP contribution in [0.1, 0.15) is 27.6 Å². The van der Waals surface area contributed by atoms with E-state index in [2.05, 4.69) is 9.44 Å². The molecule has 0 saturated carbocycles. The number of anilines is 2. The second-order valence-electron chi connectivity index (χ2n) is 11.7. The Morgan fingerprint density at radius 3 is 1.76 bits per heavy atom. The van der Waals surface area contributed by atoms with Crippen LogP contribution in [0.4, 0.5) is 11.4 Å². The molecule has 1 atom stereocenters. The molecule has 51 heavy (non-hydrogen) atoms. The Morgan fingerprint density at radius 1 is 0.647 bits per heavy atom. The van der Waals surface area contributed by atoms with Gasteiger partial charge in [0.2, 0.25) is 6.41 Å². The molecule has 2 heterocycles. The molecule has 3 N–H and O–H groups in total. The summed E-state index contributed by atoms with van der Waals surface area (Å²) in [6, 6.07) is 20.0. The zero-order valence-electron chi connectivity index (χ0n) is 26.2. The molecular formula is C31H29Cl2N5O9S4. The molecule has 1 unspecified atom stereocenters. The van der Waals surface area contributed by atoms with Gasteiger partial charge in [0.15, 0.2) is 5.37 Å². The first-order valence-corrected chi connectivity index (χ1v) is 21.7. The van der Waals surface area contributed by atoms with Crippen molar-refractivity contribution in [3.63, 3.8) is 0 Å². The molecule has 0 fully saturated rings. The number of carbonyl (C=O) groups is 1. The van der Waals surface area contributed by atoms with E-state index in [0.717, 1.165) is 15.3 Å². The molecule has 1 amide bonds. The Hall–Kier alpha value is -3.75. The van der Waals surface area contributed by atoms with Gasteiger partial charge in [0, 0.05) is 29.7 Å². The van der Waals surface area contributed by atoms with Crippen LogP contribution < -0.4 is 13.6 Å². The lowest BCUT2D eigenvalue weighted by atomic mass is 10.00. The van der Waals surface area contributed by atoms with E-state index in [1.54, 1.807) is 28.4 Å². The molecule has 0 spiro atoms. The van der Waals surface area contributed by atoms with Gasteiger partial charge in [-0.3, -0.25) is 14.2 Å². The summed E-state index contributed by atoms with van der Waals surface area (Å²) < 4.78 is 115. The molecule has 0 radical (unpaired) electrons. The quantitative estimate of drug-likeness (QED) is 0.189. The zero-order valence-corrected chi connectivity index (χ0v) is 31.0. The van der Waals surface area contributed by atoms with E-state index < -0.39 is 45.7 Å². The van der Waals surface area contributed by atoms with E-state index in [9.17, 15) is 38.5 Å². The van der Waals surface area contributed by atoms with Gasteiger partial charge in [-0.05, 0) is 95.8 Å². The molecule has 0 aliphatic carbocycles. The fraction of sp³-hybridized carbons (Fsp3) is 0.194. The van der Waals surface area contributed by atoms with Crippen LogP contribution in [-0.4, -0.2) is 62.4 Å². The van der Waals surface area contributed by atoms with E-state index in [4.69, 9.17) is 23.2 Å². The van der Waals surface area contributed by atoms with E-state index >= 15 is 0 Å². The molecule has 270 valence electrons. The molecular weight excluding hydrogens is 786 g/mol. The lowest BCUT2D eigenvalue weighted by Gasteiger charge is -2.35. The van der Waals surface area contributed by atoms with Gasteiger partial charge in [-0.25, -0.2) is 25.3 Å². The highest BCUT2D eigenvalue weighted by molar-refractivity contribution is 8.03. The van der Waals surface area contributed by atoms with Crippen molar-refractivity contribution in [3.8, 4) is 0 Å². The SMILES string of the molecule is O=CN1CCc2ccc(S(=O)(=O)Nc3cccc(Cl)c3)cc2C1S(=O)(=O)NS(=O)(=O)N1CCc2ccc(S(=O)(=O)Nc3cccc(Cl)c3)cc2C1. The molecule has 4 aromatic carbocycles. The fourth-order valence-corrected chi connectivity index (χ4v) is 12.1. The third kappa shape index (κ3) is 8.02. The maximum absolute atomic E-state index is 13.9. The number of benzene rings is 4. The number of sulfonamides is 3. The monoisotopic (exact) mass is 813 g/mol. The van der Waals surface area contributed by atoms with Crippen LogP contribution in [0.3, 0.4) is 0 Å². The number of fused-ring (bicyclic) bond motifs is 2. The van der Waals surface area contributed by atoms with Gasteiger partial charge in [-0.15, -0.1) is 0 Å². The number of nitrogens with zero attached hydrogens (tertiary/aromatic N) is 2. The number of carbonyl (C=O) groups excluding carboxylic acids is 1. The Bertz CT molecular complexity index is 2480. The second kappa shape index (κ2) is 14.0. The number of halogens is 2. The van der Waals surface area contributed by atoms with Crippen molar-refractivity contribution in [1.29, 1.82) is 0 Å². The molecule has 0 saturated heterocycles. The van der Waals surface area contributed by atoms with Crippen LogP contribution in [0.15, 0.2) is 94.7 Å². The summed E-state index contributed by atoms with van der Waals surface area (Å²) in [5.41, 5.74) is 1.66. The molecule has 0 aromatic heterocycles. The van der Waals surface area contributed by atoms with Crippen molar-refractivity contribution in [2.24, 2.45) is 0 Å². The summed E-state index contributed by atoms with van der Waals surface area (Å²) in [5.74, 6) is 0. The molecule has 20 heteroatoms. The summed E-state index contributed by atoms with van der Waals surface area (Å²) in [6.07, 6.45) is 0.572. The van der Waals surface area contributed by atoms with E-state index in [1.807, 2.05) is 0 Å². The summed E-state index contributed by atoms with van der Waals surface area (Å²) in [5, 5.41) is -1.32. The van der Waals surface area contributed by atoms with Crippen molar-refractivity contribution in [1.82, 2.24) is 13.3 Å². The molecule has 6 rings (SSSR count). The first kappa shape index (κ1) is 37.0. The number of hydrogen-bond donors (Lipinski definition) is 3. The smallest absolute Gasteiger partial charge is 0.292 e. The Balaban J connectivity index is 1.26. The number of hydrogen-bond acceptors (Lipinski definition) is 9. The third-order valence-electron chi connectivity index (χ3n) is 8.24. The lowest BCUT2D eigenvalue weighted by molar-refractivity contribution is -0.119. The van der Waals surface area contributed by atoms with Crippen LogP contribution >= 0.6 is 23.2 Å². The second-order valence-corrected chi connectivity index (χ2v) is 19.6. The summed E-state index contributed by atoms with van der Waals surface area (Å²) in [6.45, 7) is -0.593. The Labute approximate surface area is 305 Å². The average Bonchev–Trinajstić information content (AvgIpc) is 3.06. The zero-order chi connectivity index (χ0) is 36.8. The highest BCUT2D eigenvalue weighted by Gasteiger charge is 2.42. The maximum atomic E-state index is 13.9. The molecule has 2 aliphatic heterocycles. The minimum atomic E-state index is -4.97. The fourth-order valence-electron chi connectivity index (χ4n) is 5.85. The lowest BCUT2D eigenvalue weighted by Crippen LogP contribution is -2.50. The van der Waals surface area contributed by atoms with Gasteiger partial charge in [-0.1, -0.05) is 51.6 Å². The Morgan fingerprint density at radius 2 is 1.20 bits per heavy atom. The van der Waals surface area contributed by atoms with Crippen molar-refractivity contribution >= 4 is 81.3 Å². The minimum absolute atomic E-state index is 0.0907. The van der Waals surface area contributed by atoms with Crippen LogP contribution in [0, 0.1) is 0 Å². The largest absolute Gasteiger partial charge is 0.323 e. The van der Waals surface area contributed by atoms with Crippen molar-refractivity contribution in [2.75, 3.05) is 22.5 Å². The predicted molar refractivity (Wildman–Crippen MR) is 192 cm³/mol. The van der Waals surface area contributed by atoms with Gasteiger partial charge < -0.3 is 4.90 Å². The van der Waals surface area contributed by atoms with Crippen molar-refractivity contribution in [3.05, 3.63) is 117 Å². The van der Waals surface area contributed by atoms with Gasteiger partial charge >= 0.3 is 0 Å². The number of rotatable bonds is 11. The van der Waals surface area contributed by atoms with Crippen LogP contribution in [-0.2, 0) is 64.5 Å². The standard InChI is InChI=1S/C31H29Cl2N5O9S4/c32-24-3-1-5-26(16-24)34-48(40,41)28-9-7-21-12-14-38(19-23(21)15-28)51(46,47)36-50(44,45)31-30-18-29(10-8-22(30)11-13-37(31)20-39)49(42,43)35-27-6-2-4-25(33)17-27/h1-10,15-18,20,31,34-36H,11-14,19H2. The maximum Gasteiger partial charge on any atom is 0.292 e. The normalized spacial score (nSPS) is 16.9. The molecule has 4 aromatic rings. The van der Waals surface area contributed by atoms with E-state index in [-0.39, 0.29) is 70.6 Å². The summed E-state index contributed by atoms with van der Waals surface area (Å²) in [7, 11) is -18.2. The van der Waals surface area contributed by atoms with E-state index in [1.165, 1.54) is 54.6 Å². The van der Waals surface area contributed by atoms with Crippen LogP contribution in [0.25, 0.3) is 0 Å². The van der Waals surface area contributed by atoms with E-state index in [0.29, 0.717) is 21.7 Å². The predicted octanol–water partition coefficient (Wildman–Crippen LogP) is 3.83. The van der Waals surface area contributed by atoms with Gasteiger partial charge in [-0.2, -0.15) is 12.7 Å². The summed E-state index contributed by atoms with van der Waals surface area (Å²) >= 11 is 11.9. The van der Waals surface area contributed by atoms with Crippen molar-refractivity contribution < 1.29 is 38.5 Å². The third-order valence-corrected chi connectivity index (χ3v) is 15.3.